The van der Waals surface area contributed by atoms with Gasteiger partial charge in [-0.2, -0.15) is 0 Å². The fraction of sp³-hybridized carbons (Fsp3) is 0.417. The van der Waals surface area contributed by atoms with Crippen LogP contribution in [0.1, 0.15) is 0 Å². The fourth-order valence-corrected chi connectivity index (χ4v) is 1.74. The van der Waals surface area contributed by atoms with Gasteiger partial charge in [0, 0.05) is 26.2 Å². The first-order chi connectivity index (χ1) is 7.75. The van der Waals surface area contributed by atoms with E-state index < -0.39 is 0 Å². The molecule has 1 fully saturated rings. The van der Waals surface area contributed by atoms with Crippen molar-refractivity contribution in [2.24, 2.45) is 10.7 Å². The molecule has 1 saturated heterocycles. The summed E-state index contributed by atoms with van der Waals surface area (Å²) < 4.78 is 0. The third-order valence-corrected chi connectivity index (χ3v) is 2.83. The summed E-state index contributed by atoms with van der Waals surface area (Å²) in [5.74, 6) is 0.624. The van der Waals surface area contributed by atoms with E-state index >= 15 is 0 Å². The minimum absolute atomic E-state index is 0.624. The van der Waals surface area contributed by atoms with Gasteiger partial charge in [0.05, 0.1) is 5.69 Å². The monoisotopic (exact) mass is 218 g/mol. The molecule has 1 aliphatic rings. The second kappa shape index (κ2) is 4.99. The Morgan fingerprint density at radius 2 is 1.75 bits per heavy atom. The van der Waals surface area contributed by atoms with E-state index in [2.05, 4.69) is 21.8 Å². The van der Waals surface area contributed by atoms with Crippen LogP contribution in [-0.2, 0) is 0 Å². The molecule has 0 saturated carbocycles. The van der Waals surface area contributed by atoms with E-state index in [0.717, 1.165) is 31.9 Å². The Labute approximate surface area is 96.4 Å². The zero-order valence-corrected chi connectivity index (χ0v) is 9.63. The van der Waals surface area contributed by atoms with Gasteiger partial charge in [-0.1, -0.05) is 18.2 Å². The van der Waals surface area contributed by atoms with Gasteiger partial charge in [-0.25, -0.2) is 4.99 Å². The van der Waals surface area contributed by atoms with E-state index in [-0.39, 0.29) is 0 Å². The number of piperazine rings is 1. The van der Waals surface area contributed by atoms with Crippen LogP contribution in [0.15, 0.2) is 35.3 Å². The second-order valence-electron chi connectivity index (χ2n) is 4.10. The molecule has 16 heavy (non-hydrogen) atoms. The molecule has 0 unspecified atom stereocenters. The van der Waals surface area contributed by atoms with Gasteiger partial charge in [-0.15, -0.1) is 0 Å². The van der Waals surface area contributed by atoms with Crippen LogP contribution >= 0.6 is 0 Å². The lowest BCUT2D eigenvalue weighted by Gasteiger charge is -2.32. The van der Waals surface area contributed by atoms with Gasteiger partial charge in [0.1, 0.15) is 0 Å². The van der Waals surface area contributed by atoms with Crippen molar-refractivity contribution in [3.63, 3.8) is 0 Å². The minimum atomic E-state index is 0.624. The van der Waals surface area contributed by atoms with Gasteiger partial charge >= 0.3 is 0 Å². The second-order valence-corrected chi connectivity index (χ2v) is 4.10. The molecular weight excluding hydrogens is 200 g/mol. The average Bonchev–Trinajstić information content (AvgIpc) is 2.31. The molecule has 0 aliphatic carbocycles. The Balaban J connectivity index is 2.02. The summed E-state index contributed by atoms with van der Waals surface area (Å²) in [5.41, 5.74) is 6.90. The number of nitrogens with two attached hydrogens (primary N) is 1. The predicted molar refractivity (Wildman–Crippen MR) is 66.8 cm³/mol. The molecule has 0 amide bonds. The molecule has 2 N–H and O–H groups in total. The molecule has 4 nitrogen and oxygen atoms in total. The van der Waals surface area contributed by atoms with Crippen LogP contribution in [0.3, 0.4) is 0 Å². The van der Waals surface area contributed by atoms with Crippen molar-refractivity contribution < 1.29 is 0 Å². The Morgan fingerprint density at radius 1 is 1.12 bits per heavy atom. The number of likely N-dealkylation sites (N-methyl/N-ethyl adjacent to an activating group) is 1. The fourth-order valence-electron chi connectivity index (χ4n) is 1.74. The lowest BCUT2D eigenvalue weighted by Crippen LogP contribution is -2.49. The van der Waals surface area contributed by atoms with Gasteiger partial charge in [-0.05, 0) is 19.2 Å². The Kier molecular flexibility index (Phi) is 3.41. The van der Waals surface area contributed by atoms with E-state index in [1.807, 2.05) is 30.3 Å². The summed E-state index contributed by atoms with van der Waals surface area (Å²) in [5, 5.41) is 0. The zero-order valence-electron chi connectivity index (χ0n) is 9.63. The maximum atomic E-state index is 5.98. The molecule has 2 rings (SSSR count). The van der Waals surface area contributed by atoms with Crippen LogP contribution in [0.25, 0.3) is 0 Å². The number of rotatable bonds is 1. The largest absolute Gasteiger partial charge is 0.369 e. The van der Waals surface area contributed by atoms with Gasteiger partial charge < -0.3 is 15.5 Å². The van der Waals surface area contributed by atoms with E-state index in [9.17, 15) is 0 Å². The highest BCUT2D eigenvalue weighted by atomic mass is 15.3. The molecule has 1 aliphatic heterocycles. The number of para-hydroxylation sites is 1. The lowest BCUT2D eigenvalue weighted by atomic mass is 10.3. The molecule has 0 radical (unpaired) electrons. The van der Waals surface area contributed by atoms with Gasteiger partial charge in [0.2, 0.25) is 0 Å². The Hall–Kier alpha value is -1.55. The quantitative estimate of drug-likeness (QED) is 0.562. The van der Waals surface area contributed by atoms with E-state index in [1.54, 1.807) is 0 Å². The minimum Gasteiger partial charge on any atom is -0.369 e. The molecular formula is C12H18N4. The zero-order chi connectivity index (χ0) is 11.4. The number of hydrogen-bond acceptors (Lipinski definition) is 2. The molecule has 0 aromatic heterocycles. The van der Waals surface area contributed by atoms with Crippen molar-refractivity contribution in [3.8, 4) is 0 Å². The van der Waals surface area contributed by atoms with Crippen molar-refractivity contribution in [2.45, 2.75) is 0 Å². The molecule has 1 heterocycles. The van der Waals surface area contributed by atoms with Crippen LogP contribution in [0.2, 0.25) is 0 Å². The van der Waals surface area contributed by atoms with Gasteiger partial charge in [-0.3, -0.25) is 0 Å². The highest BCUT2D eigenvalue weighted by Gasteiger charge is 2.14. The standard InChI is InChI=1S/C12H18N4/c1-15-7-9-16(10-8-15)12(13)14-11-5-3-2-4-6-11/h2-6H,7-10H2,1H3,(H2,13,14). The molecule has 0 atom stereocenters. The first kappa shape index (κ1) is 11.0. The number of hydrogen-bond donors (Lipinski definition) is 1. The van der Waals surface area contributed by atoms with Crippen molar-refractivity contribution >= 4 is 11.6 Å². The molecule has 1 aromatic rings. The third kappa shape index (κ3) is 2.73. The third-order valence-electron chi connectivity index (χ3n) is 2.83. The highest BCUT2D eigenvalue weighted by molar-refractivity contribution is 5.81. The van der Waals surface area contributed by atoms with Crippen LogP contribution < -0.4 is 5.73 Å². The van der Waals surface area contributed by atoms with Crippen LogP contribution in [-0.4, -0.2) is 49.0 Å². The first-order valence-corrected chi connectivity index (χ1v) is 5.58. The van der Waals surface area contributed by atoms with Crippen molar-refractivity contribution in [1.82, 2.24) is 9.80 Å². The number of guanidine groups is 1. The number of benzene rings is 1. The predicted octanol–water partition coefficient (Wildman–Crippen LogP) is 0.880. The van der Waals surface area contributed by atoms with Crippen LogP contribution in [0, 0.1) is 0 Å². The van der Waals surface area contributed by atoms with Crippen molar-refractivity contribution in [3.05, 3.63) is 30.3 Å². The van der Waals surface area contributed by atoms with Crippen molar-refractivity contribution in [1.29, 1.82) is 0 Å². The van der Waals surface area contributed by atoms with Gasteiger partial charge in [0.15, 0.2) is 5.96 Å². The first-order valence-electron chi connectivity index (χ1n) is 5.58. The van der Waals surface area contributed by atoms with Crippen LogP contribution in [0.4, 0.5) is 5.69 Å². The summed E-state index contributed by atoms with van der Waals surface area (Å²) in [6.07, 6.45) is 0. The number of aliphatic imine (C=N–C) groups is 1. The summed E-state index contributed by atoms with van der Waals surface area (Å²) in [7, 11) is 2.13. The molecule has 0 spiro atoms. The van der Waals surface area contributed by atoms with E-state index in [4.69, 9.17) is 5.73 Å². The normalized spacial score (nSPS) is 18.8. The lowest BCUT2D eigenvalue weighted by molar-refractivity contribution is 0.214. The van der Waals surface area contributed by atoms with E-state index in [1.165, 1.54) is 0 Å². The molecule has 86 valence electrons. The van der Waals surface area contributed by atoms with Gasteiger partial charge in [0.25, 0.3) is 0 Å². The Bertz CT molecular complexity index is 353. The average molecular weight is 218 g/mol. The molecule has 0 bridgehead atoms. The summed E-state index contributed by atoms with van der Waals surface area (Å²) >= 11 is 0. The summed E-state index contributed by atoms with van der Waals surface area (Å²) in [6, 6.07) is 9.84. The topological polar surface area (TPSA) is 44.9 Å². The maximum absolute atomic E-state index is 5.98. The molecule has 1 aromatic carbocycles. The van der Waals surface area contributed by atoms with Crippen molar-refractivity contribution in [2.75, 3.05) is 33.2 Å². The Morgan fingerprint density at radius 3 is 2.38 bits per heavy atom. The summed E-state index contributed by atoms with van der Waals surface area (Å²) in [6.45, 7) is 4.01. The smallest absolute Gasteiger partial charge is 0.196 e. The number of nitrogens with zero attached hydrogens (tertiary/aromatic N) is 3. The SMILES string of the molecule is CN1CCN(C(N)=Nc2ccccc2)CC1. The molecule has 4 heteroatoms. The summed E-state index contributed by atoms with van der Waals surface area (Å²) in [4.78, 5) is 8.84. The van der Waals surface area contributed by atoms with E-state index in [0.29, 0.717) is 5.96 Å². The maximum Gasteiger partial charge on any atom is 0.196 e. The van der Waals surface area contributed by atoms with Crippen LogP contribution in [0.5, 0.6) is 0 Å². The highest BCUT2D eigenvalue weighted by Crippen LogP contribution is 2.10.